The molecular formula is C20H23NO5S2. The topological polar surface area (TPSA) is 83.9 Å². The van der Waals surface area contributed by atoms with Crippen molar-refractivity contribution >= 4 is 32.8 Å². The molecule has 0 bridgehead atoms. The number of anilines is 1. The molecule has 1 saturated heterocycles. The van der Waals surface area contributed by atoms with E-state index < -0.39 is 15.4 Å². The second-order valence-electron chi connectivity index (χ2n) is 7.53. The van der Waals surface area contributed by atoms with Crippen LogP contribution in [0.3, 0.4) is 0 Å². The minimum absolute atomic E-state index is 0.0324. The molecule has 2 aliphatic heterocycles. The zero-order valence-electron chi connectivity index (χ0n) is 15.8. The Morgan fingerprint density at radius 1 is 1.25 bits per heavy atom. The Kier molecular flexibility index (Phi) is 4.86. The third-order valence-corrected chi connectivity index (χ3v) is 9.07. The van der Waals surface area contributed by atoms with Crippen molar-refractivity contribution in [2.24, 2.45) is 0 Å². The summed E-state index contributed by atoms with van der Waals surface area (Å²) in [6, 6.07) is 8.19. The number of hydrogen-bond donors (Lipinski definition) is 1. The molecule has 28 heavy (non-hydrogen) atoms. The SMILES string of the molecule is CC1CC(O)(c2ccc(S(=O)(=O)c3ccc4c(c3)CCC(=O)N4C)s2)CCO1. The molecule has 4 rings (SSSR count). The van der Waals surface area contributed by atoms with Crippen LogP contribution in [-0.2, 0) is 31.4 Å². The second kappa shape index (κ2) is 6.95. The highest BCUT2D eigenvalue weighted by Gasteiger charge is 2.37. The van der Waals surface area contributed by atoms with Gasteiger partial charge in [0.25, 0.3) is 0 Å². The average Bonchev–Trinajstić information content (AvgIpc) is 3.16. The minimum atomic E-state index is -3.69. The fourth-order valence-corrected chi connectivity index (χ4v) is 6.81. The summed E-state index contributed by atoms with van der Waals surface area (Å²) in [5.41, 5.74) is 0.569. The number of ether oxygens (including phenoxy) is 1. The molecule has 2 atom stereocenters. The van der Waals surface area contributed by atoms with Gasteiger partial charge in [-0.25, -0.2) is 8.42 Å². The fourth-order valence-electron chi connectivity index (χ4n) is 3.92. The lowest BCUT2D eigenvalue weighted by molar-refractivity contribution is -0.118. The van der Waals surface area contributed by atoms with Crippen molar-refractivity contribution in [2.45, 2.75) is 53.4 Å². The quantitative estimate of drug-likeness (QED) is 0.824. The first-order valence-electron chi connectivity index (χ1n) is 9.29. The molecule has 1 aromatic carbocycles. The molecule has 0 spiro atoms. The van der Waals surface area contributed by atoms with Gasteiger partial charge in [0, 0.05) is 36.9 Å². The number of fused-ring (bicyclic) bond motifs is 1. The smallest absolute Gasteiger partial charge is 0.227 e. The highest BCUT2D eigenvalue weighted by molar-refractivity contribution is 7.93. The number of thiophene rings is 1. The number of carbonyl (C=O) groups is 1. The van der Waals surface area contributed by atoms with Crippen molar-refractivity contribution in [2.75, 3.05) is 18.6 Å². The highest BCUT2D eigenvalue weighted by atomic mass is 32.2. The molecule has 1 fully saturated rings. The van der Waals surface area contributed by atoms with Gasteiger partial charge in [-0.05, 0) is 49.2 Å². The molecule has 6 nitrogen and oxygen atoms in total. The van der Waals surface area contributed by atoms with Crippen molar-refractivity contribution in [3.8, 4) is 0 Å². The normalized spacial score (nSPS) is 25.6. The van der Waals surface area contributed by atoms with Crippen LogP contribution in [0.4, 0.5) is 5.69 Å². The van der Waals surface area contributed by atoms with Crippen LogP contribution >= 0.6 is 11.3 Å². The standard InChI is InChI=1S/C20H23NO5S2/c1-13-12-20(23,9-10-26-13)17-6-8-19(27-17)28(24,25)15-4-5-16-14(11-15)3-7-18(22)21(16)2/h4-6,8,11,13,23H,3,7,9-10,12H2,1-2H3. The molecule has 0 aliphatic carbocycles. The van der Waals surface area contributed by atoms with Gasteiger partial charge in [-0.2, -0.15) is 0 Å². The summed E-state index contributed by atoms with van der Waals surface area (Å²) in [6.07, 6.45) is 1.75. The van der Waals surface area contributed by atoms with Crippen LogP contribution in [0.1, 0.15) is 36.6 Å². The Labute approximate surface area is 168 Å². The Hall–Kier alpha value is -1.74. The van der Waals surface area contributed by atoms with Gasteiger partial charge in [0.15, 0.2) is 0 Å². The van der Waals surface area contributed by atoms with Gasteiger partial charge in [0.1, 0.15) is 9.81 Å². The van der Waals surface area contributed by atoms with Gasteiger partial charge in [0.2, 0.25) is 15.7 Å². The molecule has 8 heteroatoms. The summed E-state index contributed by atoms with van der Waals surface area (Å²) in [6.45, 7) is 2.36. The maximum Gasteiger partial charge on any atom is 0.227 e. The molecule has 2 unspecified atom stereocenters. The van der Waals surface area contributed by atoms with E-state index in [0.717, 1.165) is 22.6 Å². The van der Waals surface area contributed by atoms with Gasteiger partial charge in [-0.1, -0.05) is 0 Å². The molecule has 1 N–H and O–H groups in total. The van der Waals surface area contributed by atoms with E-state index in [1.54, 1.807) is 42.3 Å². The van der Waals surface area contributed by atoms with E-state index in [1.165, 1.54) is 0 Å². The zero-order valence-corrected chi connectivity index (χ0v) is 17.5. The van der Waals surface area contributed by atoms with Gasteiger partial charge < -0.3 is 14.7 Å². The monoisotopic (exact) mass is 421 g/mol. The predicted molar refractivity (Wildman–Crippen MR) is 106 cm³/mol. The van der Waals surface area contributed by atoms with Gasteiger partial charge >= 0.3 is 0 Å². The summed E-state index contributed by atoms with van der Waals surface area (Å²) in [5.74, 6) is 0.0324. The van der Waals surface area contributed by atoms with Crippen LogP contribution in [0.15, 0.2) is 39.4 Å². The first-order valence-corrected chi connectivity index (χ1v) is 11.6. The molecular weight excluding hydrogens is 398 g/mol. The molecule has 1 amide bonds. The third-order valence-electron chi connectivity index (χ3n) is 5.55. The van der Waals surface area contributed by atoms with Crippen LogP contribution in [0, 0.1) is 0 Å². The number of benzene rings is 1. The lowest BCUT2D eigenvalue weighted by Crippen LogP contribution is -2.36. The van der Waals surface area contributed by atoms with Gasteiger partial charge in [0.05, 0.1) is 17.6 Å². The van der Waals surface area contributed by atoms with E-state index in [4.69, 9.17) is 4.74 Å². The van der Waals surface area contributed by atoms with Crippen molar-refractivity contribution in [1.29, 1.82) is 0 Å². The molecule has 3 heterocycles. The third kappa shape index (κ3) is 3.28. The Balaban J connectivity index is 1.67. The number of aryl methyl sites for hydroxylation is 1. The number of carbonyl (C=O) groups excluding carboxylic acids is 1. The molecule has 0 radical (unpaired) electrons. The number of nitrogens with zero attached hydrogens (tertiary/aromatic N) is 1. The predicted octanol–water partition coefficient (Wildman–Crippen LogP) is 2.88. The number of amides is 1. The summed E-state index contributed by atoms with van der Waals surface area (Å²) < 4.78 is 32.0. The molecule has 2 aromatic rings. The first kappa shape index (κ1) is 19.6. The van der Waals surface area contributed by atoms with Crippen LogP contribution in [0.5, 0.6) is 0 Å². The largest absolute Gasteiger partial charge is 0.384 e. The molecule has 1 aromatic heterocycles. The first-order chi connectivity index (χ1) is 13.2. The summed E-state index contributed by atoms with van der Waals surface area (Å²) >= 11 is 1.12. The van der Waals surface area contributed by atoms with Crippen LogP contribution in [0.25, 0.3) is 0 Å². The van der Waals surface area contributed by atoms with E-state index in [9.17, 15) is 18.3 Å². The van der Waals surface area contributed by atoms with E-state index >= 15 is 0 Å². The number of hydrogen-bond acceptors (Lipinski definition) is 6. The lowest BCUT2D eigenvalue weighted by atomic mass is 9.89. The number of rotatable bonds is 3. The van der Waals surface area contributed by atoms with Crippen LogP contribution in [0.2, 0.25) is 0 Å². The second-order valence-corrected chi connectivity index (χ2v) is 10.8. The summed E-state index contributed by atoms with van der Waals surface area (Å²) in [7, 11) is -1.98. The Bertz CT molecular complexity index is 1030. The fraction of sp³-hybridized carbons (Fsp3) is 0.450. The average molecular weight is 422 g/mol. The van der Waals surface area contributed by atoms with Crippen LogP contribution < -0.4 is 4.90 Å². The van der Waals surface area contributed by atoms with E-state index in [0.29, 0.717) is 37.2 Å². The van der Waals surface area contributed by atoms with Crippen molar-refractivity contribution in [3.05, 3.63) is 40.8 Å². The molecule has 2 aliphatic rings. The number of sulfone groups is 1. The minimum Gasteiger partial charge on any atom is -0.384 e. The highest BCUT2D eigenvalue weighted by Crippen LogP contribution is 2.41. The Morgan fingerprint density at radius 2 is 2.04 bits per heavy atom. The molecule has 150 valence electrons. The summed E-state index contributed by atoms with van der Waals surface area (Å²) in [5, 5.41) is 11.0. The molecule has 0 saturated carbocycles. The van der Waals surface area contributed by atoms with E-state index in [2.05, 4.69) is 0 Å². The van der Waals surface area contributed by atoms with E-state index in [1.807, 2.05) is 6.92 Å². The van der Waals surface area contributed by atoms with Crippen LogP contribution in [-0.4, -0.2) is 39.2 Å². The van der Waals surface area contributed by atoms with Crippen molar-refractivity contribution in [3.63, 3.8) is 0 Å². The zero-order chi connectivity index (χ0) is 20.1. The van der Waals surface area contributed by atoms with Crippen molar-refractivity contribution in [1.82, 2.24) is 0 Å². The van der Waals surface area contributed by atoms with Gasteiger partial charge in [-0.3, -0.25) is 4.79 Å². The Morgan fingerprint density at radius 3 is 2.79 bits per heavy atom. The van der Waals surface area contributed by atoms with Gasteiger partial charge in [-0.15, -0.1) is 11.3 Å². The lowest BCUT2D eigenvalue weighted by Gasteiger charge is -2.34. The summed E-state index contributed by atoms with van der Waals surface area (Å²) in [4.78, 5) is 14.3. The van der Waals surface area contributed by atoms with Crippen molar-refractivity contribution < 1.29 is 23.1 Å². The maximum absolute atomic E-state index is 13.2. The van der Waals surface area contributed by atoms with E-state index in [-0.39, 0.29) is 21.1 Å². The number of aliphatic hydroxyl groups is 1. The maximum atomic E-state index is 13.2.